The summed E-state index contributed by atoms with van der Waals surface area (Å²) < 4.78 is 6.94. The molecule has 3 fully saturated rings. The molecule has 3 aliphatic heterocycles. The molecule has 7 nitrogen and oxygen atoms in total. The minimum absolute atomic E-state index is 0.0778. The molecular weight excluding hydrogens is 490 g/mol. The zero-order valence-corrected chi connectivity index (χ0v) is 22.7. The van der Waals surface area contributed by atoms with E-state index in [1.54, 1.807) is 6.07 Å². The first kappa shape index (κ1) is 24.6. The van der Waals surface area contributed by atoms with Crippen molar-refractivity contribution in [3.63, 3.8) is 0 Å². The summed E-state index contributed by atoms with van der Waals surface area (Å²) in [6.45, 7) is 7.99. The lowest BCUT2D eigenvalue weighted by atomic mass is 9.51. The van der Waals surface area contributed by atoms with Crippen LogP contribution in [0.4, 0.5) is 0 Å². The summed E-state index contributed by atoms with van der Waals surface area (Å²) in [5.74, 6) is -1.07. The SMILES string of the molecule is CC1=CC(C)CC=CC2C(O)C3(C)OC4(Cc5c[nH]c6ccccc56)NC(=O)C2(c2ccc([nH]2)C1=O)C4C3C. The van der Waals surface area contributed by atoms with Crippen LogP contribution >= 0.6 is 0 Å². The third kappa shape index (κ3) is 3.06. The number of aliphatic hydroxyl groups excluding tert-OH is 1. The fourth-order valence-corrected chi connectivity index (χ4v) is 8.35. The quantitative estimate of drug-likeness (QED) is 0.368. The Labute approximate surface area is 227 Å². The number of fused-ring (bicyclic) bond motifs is 4. The number of rotatable bonds is 2. The number of benzene rings is 1. The van der Waals surface area contributed by atoms with Crippen LogP contribution < -0.4 is 5.32 Å². The van der Waals surface area contributed by atoms with Crippen molar-refractivity contribution in [2.45, 2.75) is 63.4 Å². The summed E-state index contributed by atoms with van der Waals surface area (Å²) in [5.41, 5.74) is 0.859. The van der Waals surface area contributed by atoms with Crippen molar-refractivity contribution < 1.29 is 19.4 Å². The van der Waals surface area contributed by atoms with Crippen LogP contribution in [0.1, 0.15) is 55.9 Å². The predicted molar refractivity (Wildman–Crippen MR) is 148 cm³/mol. The standard InChI is InChI=1S/C32H35N3O4/c1-17-8-7-10-22-28(37)30(4)19(3)27-31(39-30,15-20-16-33-23-11-6-5-9-21(20)23)35-29(38)32(22,27)25-13-12-24(34-25)26(36)18(2)14-17/h5-7,9-14,16-17,19,22,27-28,33-34,37H,8,15H2,1-4H3,(H,35,38). The van der Waals surface area contributed by atoms with E-state index in [0.29, 0.717) is 29.8 Å². The lowest BCUT2D eigenvalue weighted by Crippen LogP contribution is -2.64. The Morgan fingerprint density at radius 2 is 1.92 bits per heavy atom. The first-order chi connectivity index (χ1) is 18.6. The molecule has 8 atom stereocenters. The molecule has 0 radical (unpaired) electrons. The molecule has 2 saturated heterocycles. The van der Waals surface area contributed by atoms with Crippen LogP contribution in [0.25, 0.3) is 10.9 Å². The molecule has 1 aromatic carbocycles. The van der Waals surface area contributed by atoms with Gasteiger partial charge in [0.05, 0.1) is 17.4 Å². The van der Waals surface area contributed by atoms with E-state index in [-0.39, 0.29) is 29.4 Å². The molecule has 1 spiro atoms. The van der Waals surface area contributed by atoms with Gasteiger partial charge in [-0.25, -0.2) is 0 Å². The Balaban J connectivity index is 1.45. The molecule has 4 bridgehead atoms. The monoisotopic (exact) mass is 525 g/mol. The number of ketones is 1. The van der Waals surface area contributed by atoms with Crippen molar-refractivity contribution in [1.29, 1.82) is 0 Å². The Morgan fingerprint density at radius 1 is 1.13 bits per heavy atom. The zero-order chi connectivity index (χ0) is 27.3. The van der Waals surface area contributed by atoms with Crippen molar-refractivity contribution in [2.24, 2.45) is 23.7 Å². The van der Waals surface area contributed by atoms with E-state index < -0.39 is 28.8 Å². The molecule has 5 heterocycles. The van der Waals surface area contributed by atoms with Crippen LogP contribution in [0.2, 0.25) is 0 Å². The molecule has 7 rings (SSSR count). The highest BCUT2D eigenvalue weighted by Gasteiger charge is 2.80. The maximum absolute atomic E-state index is 14.5. The van der Waals surface area contributed by atoms with E-state index in [0.717, 1.165) is 16.5 Å². The molecule has 4 N–H and O–H groups in total. The van der Waals surface area contributed by atoms with Crippen molar-refractivity contribution in [3.8, 4) is 0 Å². The van der Waals surface area contributed by atoms with Gasteiger partial charge >= 0.3 is 0 Å². The molecule has 4 aliphatic rings. The Kier molecular flexibility index (Phi) is 5.08. The molecular formula is C32H35N3O4. The highest BCUT2D eigenvalue weighted by molar-refractivity contribution is 6.07. The normalized spacial score (nSPS) is 39.2. The van der Waals surface area contributed by atoms with Gasteiger partial charge in [-0.2, -0.15) is 0 Å². The van der Waals surface area contributed by atoms with Gasteiger partial charge in [-0.15, -0.1) is 0 Å². The number of carbonyl (C=O) groups is 2. The second-order valence-electron chi connectivity index (χ2n) is 12.4. The number of allylic oxidation sites excluding steroid dienone is 3. The maximum Gasteiger partial charge on any atom is 0.235 e. The van der Waals surface area contributed by atoms with E-state index in [9.17, 15) is 14.7 Å². The number of hydrogen-bond donors (Lipinski definition) is 4. The molecule has 3 aromatic rings. The van der Waals surface area contributed by atoms with Gasteiger partial charge in [0, 0.05) is 41.1 Å². The Hall–Kier alpha value is -3.42. The average molecular weight is 526 g/mol. The number of aromatic amines is 2. The maximum atomic E-state index is 14.5. The molecule has 8 unspecified atom stereocenters. The van der Waals surface area contributed by atoms with Gasteiger partial charge in [-0.1, -0.05) is 50.3 Å². The predicted octanol–water partition coefficient (Wildman–Crippen LogP) is 4.56. The minimum Gasteiger partial charge on any atom is -0.389 e. The largest absolute Gasteiger partial charge is 0.389 e. The van der Waals surface area contributed by atoms with Crippen LogP contribution in [-0.2, 0) is 21.4 Å². The summed E-state index contributed by atoms with van der Waals surface area (Å²) in [7, 11) is 0. The van der Waals surface area contributed by atoms with Gasteiger partial charge in [-0.05, 0) is 61.4 Å². The number of Topliss-reactive ketones (excluding diaryl/α,β-unsaturated/α-hetero) is 1. The van der Waals surface area contributed by atoms with Crippen LogP contribution in [0.15, 0.2) is 66.4 Å². The molecule has 1 amide bonds. The van der Waals surface area contributed by atoms with E-state index >= 15 is 0 Å². The summed E-state index contributed by atoms with van der Waals surface area (Å²) in [6, 6.07) is 11.8. The van der Waals surface area contributed by atoms with E-state index in [4.69, 9.17) is 4.74 Å². The molecule has 202 valence electrons. The number of ether oxygens (including phenoxy) is 1. The summed E-state index contributed by atoms with van der Waals surface area (Å²) in [6.07, 6.45) is 8.32. The smallest absolute Gasteiger partial charge is 0.235 e. The van der Waals surface area contributed by atoms with E-state index in [2.05, 4.69) is 41.3 Å². The molecule has 2 aromatic heterocycles. The van der Waals surface area contributed by atoms with Gasteiger partial charge in [0.2, 0.25) is 11.7 Å². The summed E-state index contributed by atoms with van der Waals surface area (Å²) in [4.78, 5) is 34.5. The third-order valence-corrected chi connectivity index (χ3v) is 10.2. The number of aliphatic hydroxyl groups is 1. The second-order valence-corrected chi connectivity index (χ2v) is 12.4. The van der Waals surface area contributed by atoms with Gasteiger partial charge < -0.3 is 25.1 Å². The van der Waals surface area contributed by atoms with Crippen LogP contribution in [0.3, 0.4) is 0 Å². The molecule has 7 heteroatoms. The van der Waals surface area contributed by atoms with Gasteiger partial charge in [0.1, 0.15) is 11.1 Å². The fourth-order valence-electron chi connectivity index (χ4n) is 8.35. The number of nitrogens with one attached hydrogen (secondary N) is 3. The van der Waals surface area contributed by atoms with E-state index in [1.807, 2.05) is 56.5 Å². The number of amides is 1. The van der Waals surface area contributed by atoms with Crippen LogP contribution in [-0.4, -0.2) is 44.2 Å². The Bertz CT molecular complexity index is 1580. The minimum atomic E-state index is -1.13. The second kappa shape index (κ2) is 8.05. The third-order valence-electron chi connectivity index (χ3n) is 10.2. The topological polar surface area (TPSA) is 107 Å². The first-order valence-electron chi connectivity index (χ1n) is 14.0. The first-order valence-corrected chi connectivity index (χ1v) is 14.0. The van der Waals surface area contributed by atoms with Crippen molar-refractivity contribution in [3.05, 3.63) is 83.3 Å². The number of H-pyrrole nitrogens is 2. The highest BCUT2D eigenvalue weighted by Crippen LogP contribution is 2.67. The lowest BCUT2D eigenvalue weighted by molar-refractivity contribution is -0.185. The van der Waals surface area contributed by atoms with Gasteiger partial charge in [0.25, 0.3) is 0 Å². The van der Waals surface area contributed by atoms with Crippen LogP contribution in [0.5, 0.6) is 0 Å². The fraction of sp³-hybridized carbons (Fsp3) is 0.438. The average Bonchev–Trinajstić information content (AvgIpc) is 3.63. The van der Waals surface area contributed by atoms with Crippen molar-refractivity contribution in [2.75, 3.05) is 0 Å². The number of aromatic nitrogens is 2. The van der Waals surface area contributed by atoms with Crippen molar-refractivity contribution in [1.82, 2.24) is 15.3 Å². The number of carbonyl (C=O) groups excluding carboxylic acids is 2. The zero-order valence-electron chi connectivity index (χ0n) is 22.7. The molecule has 39 heavy (non-hydrogen) atoms. The van der Waals surface area contributed by atoms with Crippen molar-refractivity contribution >= 4 is 22.6 Å². The number of para-hydroxylation sites is 1. The Morgan fingerprint density at radius 3 is 2.74 bits per heavy atom. The highest BCUT2D eigenvalue weighted by atomic mass is 16.6. The van der Waals surface area contributed by atoms with E-state index in [1.165, 1.54) is 0 Å². The molecule has 1 saturated carbocycles. The van der Waals surface area contributed by atoms with Crippen LogP contribution in [0, 0.1) is 23.7 Å². The van der Waals surface area contributed by atoms with Gasteiger partial charge in [0.15, 0.2) is 0 Å². The van der Waals surface area contributed by atoms with Gasteiger partial charge in [-0.3, -0.25) is 9.59 Å². The lowest BCUT2D eigenvalue weighted by Gasteiger charge is -2.51. The summed E-state index contributed by atoms with van der Waals surface area (Å²) >= 11 is 0. The molecule has 1 aliphatic carbocycles. The summed E-state index contributed by atoms with van der Waals surface area (Å²) in [5, 5.41) is 16.5. The number of hydrogen-bond acceptors (Lipinski definition) is 4.